The third-order valence-corrected chi connectivity index (χ3v) is 4.35. The largest absolute Gasteiger partial charge is 0.389 e. The van der Waals surface area contributed by atoms with Crippen LogP contribution in [0, 0.1) is 0 Å². The summed E-state index contributed by atoms with van der Waals surface area (Å²) < 4.78 is 1.61. The Labute approximate surface area is 146 Å². The van der Waals surface area contributed by atoms with Crippen molar-refractivity contribution >= 4 is 11.8 Å². The Bertz CT molecular complexity index is 744. The standard InChI is InChI=1S/C18H22N4O3/c1-20-10-8-19-17(20)18(25)22-12-15(23)11-21(16(24)13-22)9-7-14-5-3-2-4-6-14/h2-6,8,10,15,23H,7,9,11-13H2,1H3. The van der Waals surface area contributed by atoms with Gasteiger partial charge in [0.15, 0.2) is 5.82 Å². The molecule has 1 aromatic heterocycles. The third kappa shape index (κ3) is 4.06. The fourth-order valence-corrected chi connectivity index (χ4v) is 2.99. The van der Waals surface area contributed by atoms with Crippen molar-refractivity contribution in [2.24, 2.45) is 7.05 Å². The molecule has 2 amide bonds. The molecule has 132 valence electrons. The van der Waals surface area contributed by atoms with Crippen LogP contribution < -0.4 is 0 Å². The van der Waals surface area contributed by atoms with Gasteiger partial charge in [-0.1, -0.05) is 30.3 Å². The van der Waals surface area contributed by atoms with Crippen LogP contribution in [0.25, 0.3) is 0 Å². The number of hydrogen-bond acceptors (Lipinski definition) is 4. The zero-order valence-corrected chi connectivity index (χ0v) is 14.2. The van der Waals surface area contributed by atoms with Gasteiger partial charge in [-0.3, -0.25) is 9.59 Å². The minimum atomic E-state index is -0.772. The molecular weight excluding hydrogens is 320 g/mol. The Kier molecular flexibility index (Phi) is 5.14. The van der Waals surface area contributed by atoms with Crippen LogP contribution in [0.3, 0.4) is 0 Å². The van der Waals surface area contributed by atoms with Crippen LogP contribution in [0.1, 0.15) is 16.2 Å². The van der Waals surface area contributed by atoms with Gasteiger partial charge in [-0.2, -0.15) is 0 Å². The predicted octanol–water partition coefficient (Wildman–Crippen LogP) is 0.308. The van der Waals surface area contributed by atoms with E-state index in [4.69, 9.17) is 0 Å². The second kappa shape index (κ2) is 7.48. The van der Waals surface area contributed by atoms with Crippen molar-refractivity contribution in [2.45, 2.75) is 12.5 Å². The first-order valence-electron chi connectivity index (χ1n) is 8.31. The predicted molar refractivity (Wildman–Crippen MR) is 91.8 cm³/mol. The molecule has 1 aliphatic heterocycles. The van der Waals surface area contributed by atoms with E-state index in [-0.39, 0.29) is 37.3 Å². The van der Waals surface area contributed by atoms with Crippen molar-refractivity contribution < 1.29 is 14.7 Å². The number of aromatic nitrogens is 2. The van der Waals surface area contributed by atoms with Gasteiger partial charge in [0.2, 0.25) is 5.91 Å². The maximum Gasteiger partial charge on any atom is 0.290 e. The lowest BCUT2D eigenvalue weighted by molar-refractivity contribution is -0.131. The van der Waals surface area contributed by atoms with Crippen LogP contribution in [-0.2, 0) is 18.3 Å². The SMILES string of the molecule is Cn1ccnc1C(=O)N1CC(=O)N(CCc2ccccc2)CC(O)C1. The Morgan fingerprint density at radius 2 is 2.04 bits per heavy atom. The highest BCUT2D eigenvalue weighted by Crippen LogP contribution is 2.11. The van der Waals surface area contributed by atoms with Gasteiger partial charge in [-0.15, -0.1) is 0 Å². The molecule has 7 heteroatoms. The zero-order chi connectivity index (χ0) is 17.8. The first kappa shape index (κ1) is 17.2. The Hall–Kier alpha value is -2.67. The van der Waals surface area contributed by atoms with E-state index in [1.165, 1.54) is 11.1 Å². The first-order chi connectivity index (χ1) is 12.0. The molecule has 1 fully saturated rings. The second-order valence-electron chi connectivity index (χ2n) is 6.28. The van der Waals surface area contributed by atoms with Crippen LogP contribution in [-0.4, -0.2) is 68.6 Å². The molecule has 7 nitrogen and oxygen atoms in total. The molecule has 1 saturated heterocycles. The van der Waals surface area contributed by atoms with Crippen LogP contribution in [0.5, 0.6) is 0 Å². The van der Waals surface area contributed by atoms with Gasteiger partial charge in [-0.25, -0.2) is 4.98 Å². The molecule has 0 bridgehead atoms. The number of aryl methyl sites for hydroxylation is 1. The van der Waals surface area contributed by atoms with E-state index in [9.17, 15) is 14.7 Å². The van der Waals surface area contributed by atoms with Crippen molar-refractivity contribution in [3.05, 3.63) is 54.1 Å². The number of aliphatic hydroxyl groups excluding tert-OH is 1. The van der Waals surface area contributed by atoms with Crippen LogP contribution in [0.15, 0.2) is 42.7 Å². The number of benzene rings is 1. The molecule has 0 spiro atoms. The average molecular weight is 342 g/mol. The molecule has 1 unspecified atom stereocenters. The van der Waals surface area contributed by atoms with Crippen molar-refractivity contribution in [3.8, 4) is 0 Å². The van der Waals surface area contributed by atoms with Crippen LogP contribution >= 0.6 is 0 Å². The van der Waals surface area contributed by atoms with E-state index in [2.05, 4.69) is 4.98 Å². The van der Waals surface area contributed by atoms with E-state index in [0.29, 0.717) is 13.0 Å². The van der Waals surface area contributed by atoms with E-state index >= 15 is 0 Å². The van der Waals surface area contributed by atoms with Gasteiger partial charge in [0.1, 0.15) is 6.54 Å². The molecule has 25 heavy (non-hydrogen) atoms. The number of nitrogens with zero attached hydrogens (tertiary/aromatic N) is 4. The van der Waals surface area contributed by atoms with Gasteiger partial charge in [0, 0.05) is 39.1 Å². The molecule has 1 aromatic carbocycles. The molecule has 0 aliphatic carbocycles. The first-order valence-corrected chi connectivity index (χ1v) is 8.31. The van der Waals surface area contributed by atoms with Crippen molar-refractivity contribution in [1.82, 2.24) is 19.4 Å². The second-order valence-corrected chi connectivity index (χ2v) is 6.28. The fourth-order valence-electron chi connectivity index (χ4n) is 2.99. The fraction of sp³-hybridized carbons (Fsp3) is 0.389. The summed E-state index contributed by atoms with van der Waals surface area (Å²) in [6, 6.07) is 9.89. The number of imidazole rings is 1. The van der Waals surface area contributed by atoms with E-state index in [0.717, 1.165) is 5.56 Å². The van der Waals surface area contributed by atoms with Gasteiger partial charge >= 0.3 is 0 Å². The Morgan fingerprint density at radius 1 is 1.28 bits per heavy atom. The summed E-state index contributed by atoms with van der Waals surface area (Å²) in [7, 11) is 1.72. The number of β-amino-alcohol motifs (C(OH)–C–C–N with tert-alkyl or cyclic N) is 1. The minimum absolute atomic E-state index is 0.0441. The molecule has 1 aliphatic rings. The highest BCUT2D eigenvalue weighted by molar-refractivity contribution is 5.94. The highest BCUT2D eigenvalue weighted by atomic mass is 16.3. The van der Waals surface area contributed by atoms with Gasteiger partial charge in [0.25, 0.3) is 5.91 Å². The molecule has 2 heterocycles. The summed E-state index contributed by atoms with van der Waals surface area (Å²) in [6.07, 6.45) is 3.16. The normalized spacial score (nSPS) is 18.3. The van der Waals surface area contributed by atoms with Gasteiger partial charge < -0.3 is 19.5 Å². The molecule has 1 atom stereocenters. The average Bonchev–Trinajstić information content (AvgIpc) is 2.97. The summed E-state index contributed by atoms with van der Waals surface area (Å²) in [5, 5.41) is 10.2. The maximum absolute atomic E-state index is 12.6. The number of rotatable bonds is 4. The summed E-state index contributed by atoms with van der Waals surface area (Å²) >= 11 is 0. The van der Waals surface area contributed by atoms with Crippen molar-refractivity contribution in [2.75, 3.05) is 26.2 Å². The van der Waals surface area contributed by atoms with Gasteiger partial charge in [-0.05, 0) is 12.0 Å². The summed E-state index contributed by atoms with van der Waals surface area (Å²) in [5.41, 5.74) is 1.13. The maximum atomic E-state index is 12.6. The zero-order valence-electron chi connectivity index (χ0n) is 14.2. The summed E-state index contributed by atoms with van der Waals surface area (Å²) in [4.78, 5) is 32.1. The quantitative estimate of drug-likeness (QED) is 0.867. The van der Waals surface area contributed by atoms with E-state index in [1.807, 2.05) is 30.3 Å². The number of carbonyl (C=O) groups excluding carboxylic acids is 2. The molecule has 0 radical (unpaired) electrons. The van der Waals surface area contributed by atoms with Crippen molar-refractivity contribution in [1.29, 1.82) is 0 Å². The highest BCUT2D eigenvalue weighted by Gasteiger charge is 2.31. The van der Waals surface area contributed by atoms with Crippen LogP contribution in [0.2, 0.25) is 0 Å². The molecule has 0 saturated carbocycles. The number of hydrogen-bond donors (Lipinski definition) is 1. The lowest BCUT2D eigenvalue weighted by atomic mass is 10.1. The number of amides is 2. The lowest BCUT2D eigenvalue weighted by Gasteiger charge is -2.21. The number of carbonyl (C=O) groups is 2. The Balaban J connectivity index is 1.67. The Morgan fingerprint density at radius 3 is 2.72 bits per heavy atom. The molecule has 3 rings (SSSR count). The van der Waals surface area contributed by atoms with Crippen LogP contribution in [0.4, 0.5) is 0 Å². The molecule has 1 N–H and O–H groups in total. The van der Waals surface area contributed by atoms with Gasteiger partial charge in [0.05, 0.1) is 6.10 Å². The van der Waals surface area contributed by atoms with E-state index < -0.39 is 6.10 Å². The minimum Gasteiger partial charge on any atom is -0.389 e. The molecular formula is C18H22N4O3. The number of aliphatic hydroxyl groups is 1. The topological polar surface area (TPSA) is 78.7 Å². The summed E-state index contributed by atoms with van der Waals surface area (Å²) in [5.74, 6) is -0.238. The third-order valence-electron chi connectivity index (χ3n) is 4.35. The monoisotopic (exact) mass is 342 g/mol. The lowest BCUT2D eigenvalue weighted by Crippen LogP contribution is -2.40. The van der Waals surface area contributed by atoms with Crippen molar-refractivity contribution in [3.63, 3.8) is 0 Å². The van der Waals surface area contributed by atoms with E-state index in [1.54, 1.807) is 22.7 Å². The summed E-state index contributed by atoms with van der Waals surface area (Å²) in [6.45, 7) is 0.831. The smallest absolute Gasteiger partial charge is 0.290 e. The molecule has 2 aromatic rings.